The summed E-state index contributed by atoms with van der Waals surface area (Å²) in [4.78, 5) is 3.68. The van der Waals surface area contributed by atoms with E-state index in [0.717, 1.165) is 6.20 Å². The number of sulfonamides is 1. The number of benzene rings is 1. The van der Waals surface area contributed by atoms with Gasteiger partial charge in [-0.25, -0.2) is 18.5 Å². The van der Waals surface area contributed by atoms with Crippen LogP contribution < -0.4 is 9.88 Å². The number of hydrogen-bond donors (Lipinski definition) is 1. The molecule has 2 N–H and O–H groups in total. The van der Waals surface area contributed by atoms with Gasteiger partial charge in [0.15, 0.2) is 5.82 Å². The van der Waals surface area contributed by atoms with Gasteiger partial charge in [-0.05, 0) is 34.1 Å². The Bertz CT molecular complexity index is 749. The zero-order valence-corrected chi connectivity index (χ0v) is 12.8. The second kappa shape index (κ2) is 6.08. The second-order valence-electron chi connectivity index (χ2n) is 3.95. The summed E-state index contributed by atoms with van der Waals surface area (Å²) in [6.45, 7) is -2.90. The van der Waals surface area contributed by atoms with Crippen LogP contribution in [0.15, 0.2) is 40.0 Å². The van der Waals surface area contributed by atoms with Gasteiger partial charge in [-0.15, -0.1) is 0 Å². The van der Waals surface area contributed by atoms with Crippen LogP contribution in [0.25, 0.3) is 0 Å². The largest absolute Gasteiger partial charge is 0.484 e. The summed E-state index contributed by atoms with van der Waals surface area (Å²) in [6.07, 6.45) is 2.38. The van der Waals surface area contributed by atoms with Crippen LogP contribution in [-0.4, -0.2) is 18.0 Å². The van der Waals surface area contributed by atoms with Crippen LogP contribution in [0, 0.1) is 0 Å². The number of rotatable bonds is 5. The van der Waals surface area contributed by atoms with Crippen molar-refractivity contribution in [1.29, 1.82) is 0 Å². The zero-order valence-electron chi connectivity index (χ0n) is 10.4. The van der Waals surface area contributed by atoms with Crippen molar-refractivity contribution in [2.24, 2.45) is 5.14 Å². The zero-order chi connectivity index (χ0) is 15.6. The fourth-order valence-corrected chi connectivity index (χ4v) is 2.74. The van der Waals surface area contributed by atoms with Gasteiger partial charge in [0, 0.05) is 12.4 Å². The molecule has 0 aliphatic rings. The SMILES string of the molecule is NS(=O)(=O)c1ccc(OCc2nccn2C(F)F)c(Br)c1. The molecule has 1 heterocycles. The Hall–Kier alpha value is -1.52. The Morgan fingerprint density at radius 2 is 2.14 bits per heavy atom. The molecule has 0 radical (unpaired) electrons. The molecule has 0 amide bonds. The minimum atomic E-state index is -3.82. The Balaban J connectivity index is 2.16. The highest BCUT2D eigenvalue weighted by Gasteiger charge is 2.14. The first-order valence-corrected chi connectivity index (χ1v) is 7.88. The summed E-state index contributed by atoms with van der Waals surface area (Å²) in [5.74, 6) is 0.332. The predicted molar refractivity (Wildman–Crippen MR) is 73.3 cm³/mol. The van der Waals surface area contributed by atoms with Crippen molar-refractivity contribution in [1.82, 2.24) is 9.55 Å². The lowest BCUT2D eigenvalue weighted by Gasteiger charge is -2.10. The molecule has 0 aliphatic heterocycles. The van der Waals surface area contributed by atoms with Crippen LogP contribution in [0.3, 0.4) is 0 Å². The summed E-state index contributed by atoms with van der Waals surface area (Å²) >= 11 is 3.13. The van der Waals surface area contributed by atoms with E-state index in [9.17, 15) is 17.2 Å². The third-order valence-corrected chi connectivity index (χ3v) is 4.08. The highest BCUT2D eigenvalue weighted by molar-refractivity contribution is 9.10. The summed E-state index contributed by atoms with van der Waals surface area (Å²) in [5, 5.41) is 4.99. The average Bonchev–Trinajstić information content (AvgIpc) is 2.84. The van der Waals surface area contributed by atoms with E-state index < -0.39 is 16.6 Å². The number of aromatic nitrogens is 2. The summed E-state index contributed by atoms with van der Waals surface area (Å²) in [6, 6.07) is 3.90. The molecule has 0 atom stereocenters. The molecule has 2 aromatic rings. The highest BCUT2D eigenvalue weighted by Crippen LogP contribution is 2.28. The molecule has 10 heteroatoms. The van der Waals surface area contributed by atoms with Gasteiger partial charge in [-0.2, -0.15) is 8.78 Å². The number of primary sulfonamides is 1. The van der Waals surface area contributed by atoms with E-state index in [4.69, 9.17) is 9.88 Å². The normalized spacial score (nSPS) is 11.9. The topological polar surface area (TPSA) is 87.2 Å². The quantitative estimate of drug-likeness (QED) is 0.860. The fraction of sp³-hybridized carbons (Fsp3) is 0.182. The van der Waals surface area contributed by atoms with E-state index in [2.05, 4.69) is 20.9 Å². The first kappa shape index (κ1) is 15.9. The number of nitrogens with zero attached hydrogens (tertiary/aromatic N) is 2. The van der Waals surface area contributed by atoms with Crippen LogP contribution in [0.4, 0.5) is 8.78 Å². The molecule has 0 saturated carbocycles. The van der Waals surface area contributed by atoms with Gasteiger partial charge in [0.2, 0.25) is 10.0 Å². The van der Waals surface area contributed by atoms with Crippen molar-refractivity contribution in [3.63, 3.8) is 0 Å². The highest BCUT2D eigenvalue weighted by atomic mass is 79.9. The molecule has 0 fully saturated rings. The molecule has 0 bridgehead atoms. The molecule has 6 nitrogen and oxygen atoms in total. The summed E-state index contributed by atoms with van der Waals surface area (Å²) < 4.78 is 54.0. The van der Waals surface area contributed by atoms with Crippen LogP contribution >= 0.6 is 15.9 Å². The molecule has 1 aromatic heterocycles. The van der Waals surface area contributed by atoms with Gasteiger partial charge in [0.05, 0.1) is 9.37 Å². The van der Waals surface area contributed by atoms with Crippen molar-refractivity contribution in [3.05, 3.63) is 40.9 Å². The van der Waals surface area contributed by atoms with E-state index >= 15 is 0 Å². The monoisotopic (exact) mass is 381 g/mol. The van der Waals surface area contributed by atoms with Gasteiger partial charge in [0.1, 0.15) is 12.4 Å². The minimum Gasteiger partial charge on any atom is -0.484 e. The maximum atomic E-state index is 12.6. The maximum Gasteiger partial charge on any atom is 0.320 e. The average molecular weight is 382 g/mol. The molecular weight excluding hydrogens is 372 g/mol. The molecule has 0 aliphatic carbocycles. The first-order chi connectivity index (χ1) is 9.79. The standard InChI is InChI=1S/C11H10BrF2N3O3S/c12-8-5-7(21(15,18)19)1-2-9(8)20-6-10-16-3-4-17(10)11(13)14/h1-5,11H,6H2,(H2,15,18,19). The van der Waals surface area contributed by atoms with Crippen molar-refractivity contribution < 1.29 is 21.9 Å². The molecule has 1 aromatic carbocycles. The Kier molecular flexibility index (Phi) is 4.59. The Labute approximate surface area is 127 Å². The maximum absolute atomic E-state index is 12.6. The first-order valence-electron chi connectivity index (χ1n) is 5.54. The molecular formula is C11H10BrF2N3O3S. The van der Waals surface area contributed by atoms with Gasteiger partial charge in [-0.1, -0.05) is 0 Å². The van der Waals surface area contributed by atoms with Crippen LogP contribution in [0.2, 0.25) is 0 Å². The number of halogens is 3. The molecule has 0 saturated heterocycles. The van der Waals surface area contributed by atoms with Crippen molar-refractivity contribution in [2.45, 2.75) is 18.1 Å². The van der Waals surface area contributed by atoms with Crippen molar-refractivity contribution in [3.8, 4) is 5.75 Å². The Morgan fingerprint density at radius 1 is 1.43 bits per heavy atom. The molecule has 114 valence electrons. The number of hydrogen-bond acceptors (Lipinski definition) is 4. The molecule has 2 rings (SSSR count). The predicted octanol–water partition coefficient (Wildman–Crippen LogP) is 2.27. The molecule has 21 heavy (non-hydrogen) atoms. The lowest BCUT2D eigenvalue weighted by atomic mass is 10.3. The summed E-state index contributed by atoms with van der Waals surface area (Å²) in [5.41, 5.74) is 0. The van der Waals surface area contributed by atoms with Gasteiger partial charge in [0.25, 0.3) is 0 Å². The third kappa shape index (κ3) is 3.77. The second-order valence-corrected chi connectivity index (χ2v) is 6.37. The smallest absolute Gasteiger partial charge is 0.320 e. The van der Waals surface area contributed by atoms with Gasteiger partial charge >= 0.3 is 6.55 Å². The third-order valence-electron chi connectivity index (χ3n) is 2.55. The van der Waals surface area contributed by atoms with E-state index in [1.807, 2.05) is 0 Å². The summed E-state index contributed by atoms with van der Waals surface area (Å²) in [7, 11) is -3.82. The van der Waals surface area contributed by atoms with Crippen molar-refractivity contribution >= 4 is 26.0 Å². The number of nitrogens with two attached hydrogens (primary N) is 1. The van der Waals surface area contributed by atoms with Crippen molar-refractivity contribution in [2.75, 3.05) is 0 Å². The lowest BCUT2D eigenvalue weighted by molar-refractivity contribution is 0.0632. The lowest BCUT2D eigenvalue weighted by Crippen LogP contribution is -2.12. The van der Waals surface area contributed by atoms with Crippen LogP contribution in [-0.2, 0) is 16.6 Å². The minimum absolute atomic E-state index is 0.0485. The molecule has 0 spiro atoms. The number of alkyl halides is 2. The number of imidazole rings is 1. The van der Waals surface area contributed by atoms with E-state index in [0.29, 0.717) is 9.04 Å². The molecule has 0 unspecified atom stereocenters. The van der Waals surface area contributed by atoms with Gasteiger partial charge in [-0.3, -0.25) is 4.57 Å². The van der Waals surface area contributed by atoms with Crippen LogP contribution in [0.1, 0.15) is 12.4 Å². The fourth-order valence-electron chi connectivity index (χ4n) is 1.55. The van der Waals surface area contributed by atoms with E-state index in [-0.39, 0.29) is 23.1 Å². The van der Waals surface area contributed by atoms with Crippen LogP contribution in [0.5, 0.6) is 5.75 Å². The Morgan fingerprint density at radius 3 is 2.71 bits per heavy atom. The van der Waals surface area contributed by atoms with E-state index in [1.54, 1.807) is 0 Å². The van der Waals surface area contributed by atoms with E-state index in [1.165, 1.54) is 24.4 Å². The number of ether oxygens (including phenoxy) is 1. The van der Waals surface area contributed by atoms with Gasteiger partial charge < -0.3 is 4.74 Å².